The number of esters is 1. The predicted molar refractivity (Wildman–Crippen MR) is 113 cm³/mol. The molecular formula is C22H23BrN2O4. The summed E-state index contributed by atoms with van der Waals surface area (Å²) < 4.78 is 12.1. The molecule has 0 aliphatic carbocycles. The normalized spacial score (nSPS) is 16.1. The summed E-state index contributed by atoms with van der Waals surface area (Å²) in [5, 5.41) is 5.44. The first kappa shape index (κ1) is 20.9. The zero-order chi connectivity index (χ0) is 20.8. The fraction of sp³-hybridized carbons (Fsp3) is 0.273. The van der Waals surface area contributed by atoms with Crippen molar-refractivity contribution >= 4 is 27.9 Å². The van der Waals surface area contributed by atoms with Crippen molar-refractivity contribution in [3.05, 3.63) is 75.4 Å². The van der Waals surface area contributed by atoms with E-state index in [1.54, 1.807) is 6.92 Å². The van der Waals surface area contributed by atoms with Crippen molar-refractivity contribution in [2.75, 3.05) is 6.61 Å². The molecule has 7 heteroatoms. The summed E-state index contributed by atoms with van der Waals surface area (Å²) in [6.07, 6.45) is 0.729. The van der Waals surface area contributed by atoms with Crippen LogP contribution >= 0.6 is 15.9 Å². The molecule has 2 aromatic rings. The fourth-order valence-electron chi connectivity index (χ4n) is 2.99. The lowest BCUT2D eigenvalue weighted by atomic mass is 9.95. The molecule has 2 amide bonds. The number of allylic oxidation sites excluding steroid dienone is 1. The van der Waals surface area contributed by atoms with Crippen molar-refractivity contribution in [1.29, 1.82) is 0 Å². The van der Waals surface area contributed by atoms with E-state index in [0.717, 1.165) is 22.0 Å². The van der Waals surface area contributed by atoms with Crippen molar-refractivity contribution in [2.45, 2.75) is 32.9 Å². The zero-order valence-corrected chi connectivity index (χ0v) is 17.9. The Bertz CT molecular complexity index is 907. The molecule has 29 heavy (non-hydrogen) atoms. The van der Waals surface area contributed by atoms with Crippen molar-refractivity contribution < 1.29 is 19.1 Å². The van der Waals surface area contributed by atoms with Crippen LogP contribution < -0.4 is 15.4 Å². The number of benzene rings is 2. The van der Waals surface area contributed by atoms with Gasteiger partial charge in [-0.3, -0.25) is 0 Å². The third-order valence-corrected chi connectivity index (χ3v) is 4.99. The number of ether oxygens (including phenoxy) is 2. The summed E-state index contributed by atoms with van der Waals surface area (Å²) in [7, 11) is 0. The quantitative estimate of drug-likeness (QED) is 0.593. The van der Waals surface area contributed by atoms with Gasteiger partial charge in [-0.2, -0.15) is 0 Å². The van der Waals surface area contributed by atoms with Gasteiger partial charge < -0.3 is 20.1 Å². The maximum absolute atomic E-state index is 12.5. The van der Waals surface area contributed by atoms with Crippen LogP contribution in [0.5, 0.6) is 5.75 Å². The second kappa shape index (κ2) is 9.60. The van der Waals surface area contributed by atoms with E-state index in [1.807, 2.05) is 55.5 Å². The van der Waals surface area contributed by atoms with Crippen molar-refractivity contribution in [3.63, 3.8) is 0 Å². The Balaban J connectivity index is 1.74. The van der Waals surface area contributed by atoms with Crippen LogP contribution in [0.15, 0.2) is 64.3 Å². The highest BCUT2D eigenvalue weighted by molar-refractivity contribution is 9.10. The van der Waals surface area contributed by atoms with Crippen molar-refractivity contribution in [3.8, 4) is 5.75 Å². The first-order valence-corrected chi connectivity index (χ1v) is 10.2. The maximum Gasteiger partial charge on any atom is 0.338 e. The number of urea groups is 1. The summed E-state index contributed by atoms with van der Waals surface area (Å²) in [5.41, 5.74) is 2.73. The summed E-state index contributed by atoms with van der Waals surface area (Å²) in [5.74, 6) is 0.269. The molecule has 0 saturated heterocycles. The third kappa shape index (κ3) is 5.38. The molecule has 0 spiro atoms. The van der Waals surface area contributed by atoms with E-state index in [9.17, 15) is 9.59 Å². The topological polar surface area (TPSA) is 76.7 Å². The Kier molecular flexibility index (Phi) is 6.93. The standard InChI is InChI=1S/C22H23BrN2O4/c1-3-12-28-21(26)19-14(2)24-22(27)25-20(19)16-6-10-18(11-7-16)29-13-15-4-8-17(23)9-5-15/h4-11,20H,3,12-13H2,1-2H3,(H2,24,25,27). The highest BCUT2D eigenvalue weighted by Gasteiger charge is 2.32. The number of rotatable bonds is 7. The van der Waals surface area contributed by atoms with Gasteiger partial charge in [0.15, 0.2) is 0 Å². The highest BCUT2D eigenvalue weighted by Crippen LogP contribution is 2.29. The fourth-order valence-corrected chi connectivity index (χ4v) is 3.26. The van der Waals surface area contributed by atoms with Gasteiger partial charge in [-0.1, -0.05) is 47.1 Å². The Labute approximate surface area is 178 Å². The Morgan fingerprint density at radius 3 is 2.45 bits per heavy atom. The van der Waals surface area contributed by atoms with E-state index in [4.69, 9.17) is 9.47 Å². The summed E-state index contributed by atoms with van der Waals surface area (Å²) in [6, 6.07) is 14.3. The lowest BCUT2D eigenvalue weighted by Crippen LogP contribution is -2.45. The van der Waals surface area contributed by atoms with Crippen molar-refractivity contribution in [1.82, 2.24) is 10.6 Å². The van der Waals surface area contributed by atoms with E-state index in [0.29, 0.717) is 30.2 Å². The molecule has 1 aliphatic rings. The van der Waals surface area contributed by atoms with Gasteiger partial charge in [0.05, 0.1) is 18.2 Å². The van der Waals surface area contributed by atoms with Crippen LogP contribution in [0.4, 0.5) is 4.79 Å². The van der Waals surface area contributed by atoms with Gasteiger partial charge in [0, 0.05) is 10.2 Å². The molecule has 1 heterocycles. The lowest BCUT2D eigenvalue weighted by Gasteiger charge is -2.28. The summed E-state index contributed by atoms with van der Waals surface area (Å²) in [6.45, 7) is 4.41. The molecular weight excluding hydrogens is 436 g/mol. The van der Waals surface area contributed by atoms with E-state index in [2.05, 4.69) is 26.6 Å². The maximum atomic E-state index is 12.5. The van der Waals surface area contributed by atoms with Crippen LogP contribution in [-0.2, 0) is 16.1 Å². The van der Waals surface area contributed by atoms with Gasteiger partial charge in [0.2, 0.25) is 0 Å². The predicted octanol–water partition coefficient (Wildman–Crippen LogP) is 4.61. The molecule has 2 N–H and O–H groups in total. The van der Waals surface area contributed by atoms with Crippen LogP contribution in [-0.4, -0.2) is 18.6 Å². The first-order valence-electron chi connectivity index (χ1n) is 9.40. The van der Waals surface area contributed by atoms with Gasteiger partial charge in [-0.25, -0.2) is 9.59 Å². The number of hydrogen-bond acceptors (Lipinski definition) is 4. The van der Waals surface area contributed by atoms with Gasteiger partial charge in [0.1, 0.15) is 12.4 Å². The average molecular weight is 459 g/mol. The molecule has 0 radical (unpaired) electrons. The smallest absolute Gasteiger partial charge is 0.338 e. The van der Waals surface area contributed by atoms with Gasteiger partial charge in [-0.05, 0) is 48.7 Å². The van der Waals surface area contributed by atoms with Crippen molar-refractivity contribution in [2.24, 2.45) is 0 Å². The molecule has 3 rings (SSSR count). The largest absolute Gasteiger partial charge is 0.489 e. The summed E-state index contributed by atoms with van der Waals surface area (Å²) in [4.78, 5) is 24.5. The van der Waals surface area contributed by atoms with Gasteiger partial charge >= 0.3 is 12.0 Å². The average Bonchev–Trinajstić information content (AvgIpc) is 2.71. The molecule has 1 aliphatic heterocycles. The summed E-state index contributed by atoms with van der Waals surface area (Å²) >= 11 is 3.41. The molecule has 0 aromatic heterocycles. The number of hydrogen-bond donors (Lipinski definition) is 2. The van der Waals surface area contributed by atoms with E-state index < -0.39 is 12.0 Å². The van der Waals surface area contributed by atoms with Gasteiger partial charge in [0.25, 0.3) is 0 Å². The second-order valence-electron chi connectivity index (χ2n) is 6.69. The Morgan fingerprint density at radius 2 is 1.79 bits per heavy atom. The molecule has 0 bridgehead atoms. The molecule has 1 atom stereocenters. The SMILES string of the molecule is CCCOC(=O)C1=C(C)NC(=O)NC1c1ccc(OCc2ccc(Br)cc2)cc1. The number of amides is 2. The number of nitrogens with one attached hydrogen (secondary N) is 2. The molecule has 2 aromatic carbocycles. The Hall–Kier alpha value is -2.80. The Morgan fingerprint density at radius 1 is 1.10 bits per heavy atom. The minimum Gasteiger partial charge on any atom is -0.489 e. The number of carbonyl (C=O) groups excluding carboxylic acids is 2. The van der Waals surface area contributed by atoms with Crippen LogP contribution in [0.3, 0.4) is 0 Å². The van der Waals surface area contributed by atoms with Crippen LogP contribution in [0, 0.1) is 0 Å². The molecule has 0 fully saturated rings. The zero-order valence-electron chi connectivity index (χ0n) is 16.3. The third-order valence-electron chi connectivity index (χ3n) is 4.46. The van der Waals surface area contributed by atoms with Gasteiger partial charge in [-0.15, -0.1) is 0 Å². The monoisotopic (exact) mass is 458 g/mol. The van der Waals surface area contributed by atoms with E-state index in [1.165, 1.54) is 0 Å². The highest BCUT2D eigenvalue weighted by atomic mass is 79.9. The minimum atomic E-state index is -0.575. The molecule has 152 valence electrons. The van der Waals surface area contributed by atoms with Crippen LogP contribution in [0.1, 0.15) is 37.4 Å². The van der Waals surface area contributed by atoms with Crippen LogP contribution in [0.25, 0.3) is 0 Å². The number of carbonyl (C=O) groups is 2. The molecule has 0 saturated carbocycles. The lowest BCUT2D eigenvalue weighted by molar-refractivity contribution is -0.139. The number of halogens is 1. The van der Waals surface area contributed by atoms with E-state index in [-0.39, 0.29) is 6.03 Å². The first-order chi connectivity index (χ1) is 14.0. The molecule has 6 nitrogen and oxygen atoms in total. The van der Waals surface area contributed by atoms with E-state index >= 15 is 0 Å². The second-order valence-corrected chi connectivity index (χ2v) is 7.61. The minimum absolute atomic E-state index is 0.332. The molecule has 1 unspecified atom stereocenters. The van der Waals surface area contributed by atoms with Crippen LogP contribution in [0.2, 0.25) is 0 Å².